The third kappa shape index (κ3) is 2.57. The highest BCUT2D eigenvalue weighted by Crippen LogP contribution is 2.08. The Morgan fingerprint density at radius 1 is 1.31 bits per heavy atom. The maximum absolute atomic E-state index is 9.18. The molecular formula is C10H17NO2. The first-order valence-electron chi connectivity index (χ1n) is 4.57. The maximum atomic E-state index is 9.18. The van der Waals surface area contributed by atoms with E-state index >= 15 is 0 Å². The minimum absolute atomic E-state index is 0.153. The zero-order valence-corrected chi connectivity index (χ0v) is 8.20. The molecule has 3 nitrogen and oxygen atoms in total. The van der Waals surface area contributed by atoms with Gasteiger partial charge in [-0.15, -0.1) is 0 Å². The van der Waals surface area contributed by atoms with Gasteiger partial charge in [0.1, 0.15) is 0 Å². The molecule has 0 aliphatic heterocycles. The molecule has 0 radical (unpaired) electrons. The van der Waals surface area contributed by atoms with Crippen molar-refractivity contribution in [2.45, 2.75) is 32.9 Å². The molecule has 1 aromatic heterocycles. The molecule has 0 saturated heterocycles. The number of nitrogens with zero attached hydrogens (tertiary/aromatic N) is 1. The van der Waals surface area contributed by atoms with Gasteiger partial charge in [0.2, 0.25) is 0 Å². The van der Waals surface area contributed by atoms with E-state index in [9.17, 15) is 5.11 Å². The van der Waals surface area contributed by atoms with Gasteiger partial charge in [-0.3, -0.25) is 0 Å². The van der Waals surface area contributed by atoms with Crippen molar-refractivity contribution in [3.63, 3.8) is 0 Å². The number of rotatable bonds is 4. The van der Waals surface area contributed by atoms with Crippen molar-refractivity contribution in [3.05, 3.63) is 23.5 Å². The predicted octanol–water partition coefficient (Wildman–Crippen LogP) is 0.848. The Morgan fingerprint density at radius 3 is 2.31 bits per heavy atom. The molecule has 1 rings (SSSR count). The molecule has 0 amide bonds. The van der Waals surface area contributed by atoms with Crippen LogP contribution < -0.4 is 0 Å². The van der Waals surface area contributed by atoms with Crippen molar-refractivity contribution in [2.24, 2.45) is 0 Å². The monoisotopic (exact) mass is 183 g/mol. The molecule has 0 aliphatic rings. The first-order valence-corrected chi connectivity index (χ1v) is 4.57. The van der Waals surface area contributed by atoms with Crippen molar-refractivity contribution in [1.82, 2.24) is 4.57 Å². The average Bonchev–Trinajstić information content (AvgIpc) is 2.43. The molecule has 2 N–H and O–H groups in total. The van der Waals surface area contributed by atoms with Crippen molar-refractivity contribution in [3.8, 4) is 0 Å². The van der Waals surface area contributed by atoms with E-state index in [2.05, 4.69) is 16.7 Å². The van der Waals surface area contributed by atoms with E-state index in [1.165, 1.54) is 11.4 Å². The van der Waals surface area contributed by atoms with Gasteiger partial charge in [-0.25, -0.2) is 0 Å². The maximum Gasteiger partial charge on any atom is 0.0787 e. The summed E-state index contributed by atoms with van der Waals surface area (Å²) in [5, 5.41) is 17.8. The molecule has 0 unspecified atom stereocenters. The Morgan fingerprint density at radius 2 is 1.85 bits per heavy atom. The summed E-state index contributed by atoms with van der Waals surface area (Å²) in [5.74, 6) is 0. The second kappa shape index (κ2) is 4.44. The van der Waals surface area contributed by atoms with Crippen molar-refractivity contribution in [2.75, 3.05) is 6.61 Å². The smallest absolute Gasteiger partial charge is 0.0787 e. The molecule has 0 bridgehead atoms. The Balaban J connectivity index is 2.53. The highest BCUT2D eigenvalue weighted by molar-refractivity contribution is 5.13. The fourth-order valence-electron chi connectivity index (χ4n) is 1.42. The quantitative estimate of drug-likeness (QED) is 0.727. The molecular weight excluding hydrogens is 166 g/mol. The molecule has 1 atom stereocenters. The third-order valence-electron chi connectivity index (χ3n) is 2.31. The van der Waals surface area contributed by atoms with Gasteiger partial charge >= 0.3 is 0 Å². The molecule has 1 heterocycles. The number of aliphatic hydroxyl groups is 2. The summed E-state index contributed by atoms with van der Waals surface area (Å²) in [6.07, 6.45) is 0.00792. The Labute approximate surface area is 78.6 Å². The van der Waals surface area contributed by atoms with E-state index in [1.54, 1.807) is 0 Å². The van der Waals surface area contributed by atoms with Crippen LogP contribution in [0.4, 0.5) is 0 Å². The zero-order valence-electron chi connectivity index (χ0n) is 8.20. The molecule has 0 spiro atoms. The Bertz CT molecular complexity index is 248. The van der Waals surface area contributed by atoms with Gasteiger partial charge in [-0.05, 0) is 32.4 Å². The van der Waals surface area contributed by atoms with E-state index in [-0.39, 0.29) is 6.61 Å². The van der Waals surface area contributed by atoms with Crippen LogP contribution in [0.2, 0.25) is 0 Å². The zero-order chi connectivity index (χ0) is 9.84. The van der Waals surface area contributed by atoms with E-state index in [4.69, 9.17) is 5.11 Å². The SMILES string of the molecule is Cc1ccc(C)n1CC[C@@H](O)CO. The van der Waals surface area contributed by atoms with E-state index in [1.807, 2.05) is 13.8 Å². The fraction of sp³-hybridized carbons (Fsp3) is 0.600. The normalized spacial score (nSPS) is 13.2. The minimum Gasteiger partial charge on any atom is -0.394 e. The average molecular weight is 183 g/mol. The Kier molecular flexibility index (Phi) is 3.51. The lowest BCUT2D eigenvalue weighted by Gasteiger charge is -2.11. The first-order chi connectivity index (χ1) is 6.15. The molecule has 3 heteroatoms. The van der Waals surface area contributed by atoms with Crippen LogP contribution in [0.25, 0.3) is 0 Å². The summed E-state index contributed by atoms with van der Waals surface area (Å²) < 4.78 is 2.14. The number of hydrogen-bond acceptors (Lipinski definition) is 2. The summed E-state index contributed by atoms with van der Waals surface area (Å²) in [5.41, 5.74) is 2.39. The lowest BCUT2D eigenvalue weighted by molar-refractivity contribution is 0.0844. The van der Waals surface area contributed by atoms with Crippen LogP contribution in [0.5, 0.6) is 0 Å². The lowest BCUT2D eigenvalue weighted by Crippen LogP contribution is -2.16. The van der Waals surface area contributed by atoms with Crippen LogP contribution in [-0.4, -0.2) is 27.5 Å². The largest absolute Gasteiger partial charge is 0.394 e. The van der Waals surface area contributed by atoms with Gasteiger partial charge in [0.25, 0.3) is 0 Å². The lowest BCUT2D eigenvalue weighted by atomic mass is 10.2. The van der Waals surface area contributed by atoms with Crippen molar-refractivity contribution >= 4 is 0 Å². The van der Waals surface area contributed by atoms with Crippen LogP contribution in [0.1, 0.15) is 17.8 Å². The molecule has 0 fully saturated rings. The van der Waals surface area contributed by atoms with Crippen molar-refractivity contribution in [1.29, 1.82) is 0 Å². The van der Waals surface area contributed by atoms with Gasteiger partial charge in [-0.1, -0.05) is 0 Å². The topological polar surface area (TPSA) is 45.4 Å². The van der Waals surface area contributed by atoms with Crippen LogP contribution >= 0.6 is 0 Å². The second-order valence-corrected chi connectivity index (χ2v) is 3.39. The first kappa shape index (κ1) is 10.3. The van der Waals surface area contributed by atoms with Crippen LogP contribution in [0, 0.1) is 13.8 Å². The summed E-state index contributed by atoms with van der Waals surface area (Å²) in [7, 11) is 0. The van der Waals surface area contributed by atoms with E-state index in [0.29, 0.717) is 6.42 Å². The standard InChI is InChI=1S/C10H17NO2/c1-8-3-4-9(2)11(8)6-5-10(13)7-12/h3-4,10,12-13H,5-7H2,1-2H3/t10-/m1/s1. The molecule has 0 saturated carbocycles. The van der Waals surface area contributed by atoms with Gasteiger partial charge in [-0.2, -0.15) is 0 Å². The molecule has 13 heavy (non-hydrogen) atoms. The third-order valence-corrected chi connectivity index (χ3v) is 2.31. The van der Waals surface area contributed by atoms with Crippen LogP contribution in [-0.2, 0) is 6.54 Å². The number of aromatic nitrogens is 1. The second-order valence-electron chi connectivity index (χ2n) is 3.39. The summed E-state index contributed by atoms with van der Waals surface area (Å²) in [6, 6.07) is 4.11. The van der Waals surface area contributed by atoms with Gasteiger partial charge in [0.05, 0.1) is 12.7 Å². The molecule has 74 valence electrons. The highest BCUT2D eigenvalue weighted by Gasteiger charge is 2.04. The van der Waals surface area contributed by atoms with E-state index in [0.717, 1.165) is 6.54 Å². The molecule has 0 aliphatic carbocycles. The predicted molar refractivity (Wildman–Crippen MR) is 51.6 cm³/mol. The van der Waals surface area contributed by atoms with Gasteiger partial charge in [0, 0.05) is 17.9 Å². The van der Waals surface area contributed by atoms with Crippen LogP contribution in [0.15, 0.2) is 12.1 Å². The van der Waals surface area contributed by atoms with Gasteiger partial charge < -0.3 is 14.8 Å². The highest BCUT2D eigenvalue weighted by atomic mass is 16.3. The molecule has 0 aromatic carbocycles. The number of aliphatic hydroxyl groups excluding tert-OH is 2. The molecule has 1 aromatic rings. The van der Waals surface area contributed by atoms with E-state index < -0.39 is 6.10 Å². The minimum atomic E-state index is -0.596. The van der Waals surface area contributed by atoms with Crippen molar-refractivity contribution < 1.29 is 10.2 Å². The Hall–Kier alpha value is -0.800. The van der Waals surface area contributed by atoms with Crippen LogP contribution in [0.3, 0.4) is 0 Å². The number of hydrogen-bond donors (Lipinski definition) is 2. The summed E-state index contributed by atoms with van der Waals surface area (Å²) >= 11 is 0. The summed E-state index contributed by atoms with van der Waals surface area (Å²) in [4.78, 5) is 0. The summed E-state index contributed by atoms with van der Waals surface area (Å²) in [6.45, 7) is 4.70. The number of aryl methyl sites for hydroxylation is 2. The van der Waals surface area contributed by atoms with Gasteiger partial charge in [0.15, 0.2) is 0 Å². The fourth-order valence-corrected chi connectivity index (χ4v) is 1.42.